The van der Waals surface area contributed by atoms with Gasteiger partial charge in [0.05, 0.1) is 10.0 Å². The largest absolute Gasteiger partial charge is 0.321 e. The van der Waals surface area contributed by atoms with Crippen molar-refractivity contribution in [3.8, 4) is 11.1 Å². The van der Waals surface area contributed by atoms with Crippen molar-refractivity contribution in [1.82, 2.24) is 4.98 Å². The van der Waals surface area contributed by atoms with Gasteiger partial charge in [-0.2, -0.15) is 0 Å². The number of halogens is 4. The second kappa shape index (κ2) is 7.47. The molecule has 0 bridgehead atoms. The van der Waals surface area contributed by atoms with Crippen molar-refractivity contribution in [2.75, 3.05) is 5.32 Å². The number of anilines is 1. The van der Waals surface area contributed by atoms with Gasteiger partial charge in [0.2, 0.25) is 0 Å². The van der Waals surface area contributed by atoms with E-state index in [0.29, 0.717) is 21.8 Å². The second-order valence-corrected chi connectivity index (χ2v) is 6.99. The normalized spacial score (nSPS) is 11.0. The van der Waals surface area contributed by atoms with Crippen LogP contribution in [0.3, 0.4) is 0 Å². The first kappa shape index (κ1) is 18.4. The minimum atomic E-state index is -2.85. The number of alkyl halides is 2. The summed E-state index contributed by atoms with van der Waals surface area (Å²) < 4.78 is 39.9. The maximum atomic E-state index is 13.8. The predicted octanol–water partition coefficient (Wildman–Crippen LogP) is 6.10. The standard InChI is InChI=1S/C18H12ClF3N2OS/c1-9-23-15(17(21)22)16(26-9)18(25)24-14-5-3-2-4-11(14)10-6-7-12(19)13(20)8-10/h2-8,17H,1H3,(H,24,25). The van der Waals surface area contributed by atoms with E-state index in [1.165, 1.54) is 12.1 Å². The topological polar surface area (TPSA) is 42.0 Å². The van der Waals surface area contributed by atoms with Gasteiger partial charge in [0.15, 0.2) is 0 Å². The number of aromatic nitrogens is 1. The number of aryl methyl sites for hydroxylation is 1. The first-order valence-electron chi connectivity index (χ1n) is 7.48. The summed E-state index contributed by atoms with van der Waals surface area (Å²) in [7, 11) is 0. The van der Waals surface area contributed by atoms with E-state index >= 15 is 0 Å². The van der Waals surface area contributed by atoms with Crippen LogP contribution in [0.5, 0.6) is 0 Å². The molecule has 0 radical (unpaired) electrons. The van der Waals surface area contributed by atoms with E-state index in [2.05, 4.69) is 10.3 Å². The number of amides is 1. The summed E-state index contributed by atoms with van der Waals surface area (Å²) in [5, 5.41) is 2.97. The number of benzene rings is 2. The first-order chi connectivity index (χ1) is 12.4. The lowest BCUT2D eigenvalue weighted by Gasteiger charge is -2.11. The van der Waals surface area contributed by atoms with Crippen LogP contribution >= 0.6 is 22.9 Å². The third-order valence-electron chi connectivity index (χ3n) is 3.58. The van der Waals surface area contributed by atoms with E-state index < -0.39 is 23.8 Å². The zero-order valence-corrected chi connectivity index (χ0v) is 15.0. The van der Waals surface area contributed by atoms with Crippen molar-refractivity contribution >= 4 is 34.5 Å². The molecule has 0 aliphatic heterocycles. The van der Waals surface area contributed by atoms with Gasteiger partial charge in [0.1, 0.15) is 16.4 Å². The van der Waals surface area contributed by atoms with Gasteiger partial charge in [-0.25, -0.2) is 18.2 Å². The molecule has 0 atom stereocenters. The fourth-order valence-corrected chi connectivity index (χ4v) is 3.38. The molecule has 1 amide bonds. The van der Waals surface area contributed by atoms with Crippen molar-refractivity contribution in [1.29, 1.82) is 0 Å². The molecule has 8 heteroatoms. The van der Waals surface area contributed by atoms with E-state index in [9.17, 15) is 18.0 Å². The number of nitrogens with zero attached hydrogens (tertiary/aromatic N) is 1. The van der Waals surface area contributed by atoms with Crippen molar-refractivity contribution in [2.24, 2.45) is 0 Å². The number of nitrogens with one attached hydrogen (secondary N) is 1. The van der Waals surface area contributed by atoms with Crippen LogP contribution in [0.15, 0.2) is 42.5 Å². The lowest BCUT2D eigenvalue weighted by Crippen LogP contribution is -2.13. The molecular formula is C18H12ClF3N2OS. The summed E-state index contributed by atoms with van der Waals surface area (Å²) >= 11 is 6.60. The van der Waals surface area contributed by atoms with Crippen molar-refractivity contribution in [2.45, 2.75) is 13.3 Å². The monoisotopic (exact) mass is 396 g/mol. The Bertz CT molecular complexity index is 975. The summed E-state index contributed by atoms with van der Waals surface area (Å²) in [6.07, 6.45) is -2.85. The van der Waals surface area contributed by atoms with Gasteiger partial charge in [0.25, 0.3) is 12.3 Å². The van der Waals surface area contributed by atoms with Crippen LogP contribution < -0.4 is 5.32 Å². The molecular weight excluding hydrogens is 385 g/mol. The molecule has 3 nitrogen and oxygen atoms in total. The molecule has 1 heterocycles. The lowest BCUT2D eigenvalue weighted by molar-refractivity contribution is 0.101. The highest BCUT2D eigenvalue weighted by atomic mass is 35.5. The molecule has 1 N–H and O–H groups in total. The van der Waals surface area contributed by atoms with Crippen molar-refractivity contribution < 1.29 is 18.0 Å². The Morgan fingerprint density at radius 3 is 2.65 bits per heavy atom. The number of hydrogen-bond donors (Lipinski definition) is 1. The quantitative estimate of drug-likeness (QED) is 0.578. The number of carbonyl (C=O) groups excluding carboxylic acids is 1. The van der Waals surface area contributed by atoms with Crippen LogP contribution in [0, 0.1) is 12.7 Å². The van der Waals surface area contributed by atoms with Gasteiger partial charge >= 0.3 is 0 Å². The Labute approximate surface area is 156 Å². The molecule has 3 rings (SSSR count). The van der Waals surface area contributed by atoms with E-state index in [1.807, 2.05) is 0 Å². The number of para-hydroxylation sites is 1. The Balaban J connectivity index is 1.96. The molecule has 26 heavy (non-hydrogen) atoms. The number of rotatable bonds is 4. The second-order valence-electron chi connectivity index (χ2n) is 5.38. The fraction of sp³-hybridized carbons (Fsp3) is 0.111. The fourth-order valence-electron chi connectivity index (χ4n) is 2.44. The van der Waals surface area contributed by atoms with E-state index in [-0.39, 0.29) is 9.90 Å². The smallest absolute Gasteiger partial charge is 0.282 e. The number of carbonyl (C=O) groups is 1. The summed E-state index contributed by atoms with van der Waals surface area (Å²) in [4.78, 5) is 16.1. The SMILES string of the molecule is Cc1nc(C(F)F)c(C(=O)Nc2ccccc2-c2ccc(Cl)c(F)c2)s1. The zero-order valence-electron chi connectivity index (χ0n) is 13.4. The molecule has 134 valence electrons. The highest BCUT2D eigenvalue weighted by molar-refractivity contribution is 7.13. The molecule has 3 aromatic rings. The highest BCUT2D eigenvalue weighted by Crippen LogP contribution is 2.32. The maximum Gasteiger partial charge on any atom is 0.282 e. The molecule has 0 spiro atoms. The maximum absolute atomic E-state index is 13.8. The van der Waals surface area contributed by atoms with Gasteiger partial charge in [0, 0.05) is 11.3 Å². The highest BCUT2D eigenvalue weighted by Gasteiger charge is 2.24. The van der Waals surface area contributed by atoms with Gasteiger partial charge < -0.3 is 5.32 Å². The molecule has 2 aromatic carbocycles. The van der Waals surface area contributed by atoms with Gasteiger partial charge in [-0.3, -0.25) is 4.79 Å². The molecule has 0 aliphatic rings. The first-order valence-corrected chi connectivity index (χ1v) is 8.67. The number of hydrogen-bond acceptors (Lipinski definition) is 3. The van der Waals surface area contributed by atoms with Crippen LogP contribution in [0.2, 0.25) is 5.02 Å². The average Bonchev–Trinajstić information content (AvgIpc) is 3.00. The summed E-state index contributed by atoms with van der Waals surface area (Å²) in [6, 6.07) is 11.0. The summed E-state index contributed by atoms with van der Waals surface area (Å²) in [5.41, 5.74) is 0.860. The Morgan fingerprint density at radius 2 is 1.96 bits per heavy atom. The van der Waals surface area contributed by atoms with Crippen LogP contribution in [0.4, 0.5) is 18.9 Å². The Kier molecular flexibility index (Phi) is 5.29. The molecule has 0 saturated heterocycles. The van der Waals surface area contributed by atoms with Crippen molar-refractivity contribution in [3.63, 3.8) is 0 Å². The summed E-state index contributed by atoms with van der Waals surface area (Å²) in [6.45, 7) is 1.55. The minimum absolute atomic E-state index is 0.0167. The molecule has 0 saturated carbocycles. The minimum Gasteiger partial charge on any atom is -0.321 e. The van der Waals surface area contributed by atoms with Gasteiger partial charge in [-0.1, -0.05) is 35.9 Å². The third-order valence-corrected chi connectivity index (χ3v) is 4.87. The van der Waals surface area contributed by atoms with Crippen LogP contribution in [0.25, 0.3) is 11.1 Å². The van der Waals surface area contributed by atoms with E-state index in [1.54, 1.807) is 37.3 Å². The average molecular weight is 397 g/mol. The molecule has 0 unspecified atom stereocenters. The lowest BCUT2D eigenvalue weighted by atomic mass is 10.0. The van der Waals surface area contributed by atoms with Crippen LogP contribution in [-0.4, -0.2) is 10.9 Å². The van der Waals surface area contributed by atoms with Crippen molar-refractivity contribution in [3.05, 3.63) is 68.9 Å². The van der Waals surface area contributed by atoms with E-state index in [4.69, 9.17) is 11.6 Å². The third kappa shape index (κ3) is 3.73. The zero-order chi connectivity index (χ0) is 18.8. The Morgan fingerprint density at radius 1 is 1.23 bits per heavy atom. The molecule has 0 fully saturated rings. The van der Waals surface area contributed by atoms with Gasteiger partial charge in [-0.15, -0.1) is 11.3 Å². The van der Waals surface area contributed by atoms with Crippen LogP contribution in [0.1, 0.15) is 26.8 Å². The predicted molar refractivity (Wildman–Crippen MR) is 96.6 cm³/mol. The Hall–Kier alpha value is -2.38. The van der Waals surface area contributed by atoms with Gasteiger partial charge in [-0.05, 0) is 30.7 Å². The summed E-state index contributed by atoms with van der Waals surface area (Å²) in [5.74, 6) is -1.28. The van der Waals surface area contributed by atoms with E-state index in [0.717, 1.165) is 11.3 Å². The molecule has 1 aromatic heterocycles. The number of thiazole rings is 1. The molecule has 0 aliphatic carbocycles. The van der Waals surface area contributed by atoms with Crippen LogP contribution in [-0.2, 0) is 0 Å².